The molecule has 0 saturated heterocycles. The van der Waals surface area contributed by atoms with Crippen LogP contribution in [0.5, 0.6) is 0 Å². The molecule has 0 spiro atoms. The average molecular weight is 423 g/mol. The van der Waals surface area contributed by atoms with E-state index in [2.05, 4.69) is 10.6 Å². The maximum Gasteiger partial charge on any atom is 0.255 e. The van der Waals surface area contributed by atoms with Gasteiger partial charge < -0.3 is 10.6 Å². The van der Waals surface area contributed by atoms with Crippen LogP contribution in [0, 0.1) is 0 Å². The Morgan fingerprint density at radius 2 is 1.54 bits per heavy atom. The number of carbonyl (C=O) groups excluding carboxylic acids is 2. The van der Waals surface area contributed by atoms with Crippen LogP contribution in [0.2, 0.25) is 5.02 Å². The molecule has 2 N–H and O–H groups in total. The summed E-state index contributed by atoms with van der Waals surface area (Å²) >= 11 is 5.82. The van der Waals surface area contributed by atoms with E-state index in [1.54, 1.807) is 48.5 Å². The lowest BCUT2D eigenvalue weighted by molar-refractivity contribution is -0.113. The number of unbranched alkanes of at least 4 members (excludes halogenated alkanes) is 2. The van der Waals surface area contributed by atoms with Crippen LogP contribution in [0.15, 0.2) is 48.5 Å². The number of carbonyl (C=O) groups is 2. The lowest BCUT2D eigenvalue weighted by Crippen LogP contribution is -2.25. The SMILES string of the molecule is CCCCCS(=O)(=O)CC(=O)Nc1ccccc1NC(=O)c1ccc(Cl)cc1. The fourth-order valence-electron chi connectivity index (χ4n) is 2.53. The minimum atomic E-state index is -3.47. The van der Waals surface area contributed by atoms with Gasteiger partial charge in [-0.05, 0) is 42.8 Å². The van der Waals surface area contributed by atoms with Crippen molar-refractivity contribution in [1.29, 1.82) is 0 Å². The Labute approximate surface area is 170 Å². The molecule has 0 fully saturated rings. The van der Waals surface area contributed by atoms with Crippen LogP contribution in [0.3, 0.4) is 0 Å². The lowest BCUT2D eigenvalue weighted by Gasteiger charge is -2.12. The van der Waals surface area contributed by atoms with Crippen molar-refractivity contribution in [1.82, 2.24) is 0 Å². The Bertz CT molecular complexity index is 927. The van der Waals surface area contributed by atoms with Gasteiger partial charge in [0.15, 0.2) is 9.84 Å². The minimum absolute atomic E-state index is 0.0107. The molecule has 2 aromatic carbocycles. The molecule has 0 unspecified atom stereocenters. The summed E-state index contributed by atoms with van der Waals surface area (Å²) in [5.74, 6) is -1.60. The van der Waals surface area contributed by atoms with Crippen molar-refractivity contribution >= 4 is 44.6 Å². The molecule has 28 heavy (non-hydrogen) atoms. The minimum Gasteiger partial charge on any atom is -0.323 e. The summed E-state index contributed by atoms with van der Waals surface area (Å²) in [5.41, 5.74) is 1.11. The highest BCUT2D eigenvalue weighted by Gasteiger charge is 2.18. The van der Waals surface area contributed by atoms with E-state index >= 15 is 0 Å². The fraction of sp³-hybridized carbons (Fsp3) is 0.300. The van der Waals surface area contributed by atoms with E-state index in [0.717, 1.165) is 12.8 Å². The summed E-state index contributed by atoms with van der Waals surface area (Å²) in [5, 5.41) is 5.80. The Morgan fingerprint density at radius 3 is 2.14 bits per heavy atom. The standard InChI is InChI=1S/C20H23ClN2O4S/c1-2-3-6-13-28(26,27)14-19(24)22-17-7-4-5-8-18(17)23-20(25)15-9-11-16(21)12-10-15/h4-5,7-12H,2-3,6,13-14H2,1H3,(H,22,24)(H,23,25). The first-order valence-corrected chi connectivity index (χ1v) is 11.2. The summed E-state index contributed by atoms with van der Waals surface area (Å²) in [6.07, 6.45) is 2.25. The van der Waals surface area contributed by atoms with E-state index in [4.69, 9.17) is 11.6 Å². The number of nitrogens with one attached hydrogen (secondary N) is 2. The van der Waals surface area contributed by atoms with Gasteiger partial charge in [0, 0.05) is 10.6 Å². The zero-order valence-corrected chi connectivity index (χ0v) is 17.1. The van der Waals surface area contributed by atoms with E-state index in [0.29, 0.717) is 28.4 Å². The molecule has 0 heterocycles. The second kappa shape index (κ2) is 10.2. The second-order valence-electron chi connectivity index (χ2n) is 6.35. The van der Waals surface area contributed by atoms with Gasteiger partial charge in [-0.25, -0.2) is 8.42 Å². The van der Waals surface area contributed by atoms with Crippen LogP contribution in [-0.4, -0.2) is 31.7 Å². The van der Waals surface area contributed by atoms with Crippen molar-refractivity contribution in [3.63, 3.8) is 0 Å². The third kappa shape index (κ3) is 6.98. The summed E-state index contributed by atoms with van der Waals surface area (Å²) in [4.78, 5) is 24.6. The van der Waals surface area contributed by atoms with Gasteiger partial charge in [-0.2, -0.15) is 0 Å². The first-order chi connectivity index (χ1) is 13.3. The molecule has 2 rings (SSSR count). The highest BCUT2D eigenvalue weighted by Crippen LogP contribution is 2.22. The Morgan fingerprint density at radius 1 is 0.929 bits per heavy atom. The summed E-state index contributed by atoms with van der Waals surface area (Å²) in [7, 11) is -3.47. The van der Waals surface area contributed by atoms with Crippen LogP contribution < -0.4 is 10.6 Å². The smallest absolute Gasteiger partial charge is 0.255 e. The second-order valence-corrected chi connectivity index (χ2v) is 8.97. The predicted octanol–water partition coefficient (Wildman–Crippen LogP) is 4.14. The zero-order valence-electron chi connectivity index (χ0n) is 15.6. The van der Waals surface area contributed by atoms with Crippen LogP contribution in [0.25, 0.3) is 0 Å². The van der Waals surface area contributed by atoms with E-state index in [1.807, 2.05) is 6.92 Å². The highest BCUT2D eigenvalue weighted by molar-refractivity contribution is 7.92. The van der Waals surface area contributed by atoms with Gasteiger partial charge in [0.1, 0.15) is 5.75 Å². The monoisotopic (exact) mass is 422 g/mol. The number of hydrogen-bond acceptors (Lipinski definition) is 4. The first-order valence-electron chi connectivity index (χ1n) is 8.97. The van der Waals surface area contributed by atoms with Gasteiger partial charge in [0.25, 0.3) is 5.91 Å². The van der Waals surface area contributed by atoms with Crippen LogP contribution in [0.4, 0.5) is 11.4 Å². The molecule has 0 aliphatic rings. The van der Waals surface area contributed by atoms with Crippen molar-refractivity contribution in [2.45, 2.75) is 26.2 Å². The van der Waals surface area contributed by atoms with E-state index in [-0.39, 0.29) is 11.7 Å². The third-order valence-corrected chi connectivity index (χ3v) is 5.83. The molecule has 150 valence electrons. The fourth-order valence-corrected chi connectivity index (χ4v) is 3.91. The van der Waals surface area contributed by atoms with Gasteiger partial charge in [0.2, 0.25) is 5.91 Å². The largest absolute Gasteiger partial charge is 0.323 e. The number of benzene rings is 2. The third-order valence-electron chi connectivity index (χ3n) is 3.97. The maximum atomic E-state index is 12.4. The van der Waals surface area contributed by atoms with E-state index in [1.165, 1.54) is 0 Å². The molecule has 0 bridgehead atoms. The molecular weight excluding hydrogens is 400 g/mol. The Balaban J connectivity index is 2.04. The molecule has 8 heteroatoms. The number of rotatable bonds is 9. The van der Waals surface area contributed by atoms with Gasteiger partial charge in [-0.3, -0.25) is 9.59 Å². The molecule has 0 aliphatic carbocycles. The van der Waals surface area contributed by atoms with Crippen molar-refractivity contribution in [2.24, 2.45) is 0 Å². The number of hydrogen-bond donors (Lipinski definition) is 2. The van der Waals surface area contributed by atoms with Crippen LogP contribution in [0.1, 0.15) is 36.5 Å². The van der Waals surface area contributed by atoms with Crippen LogP contribution >= 0.6 is 11.6 Å². The van der Waals surface area contributed by atoms with Crippen molar-refractivity contribution in [3.05, 3.63) is 59.1 Å². The van der Waals surface area contributed by atoms with Gasteiger partial charge in [0.05, 0.1) is 17.1 Å². The van der Waals surface area contributed by atoms with Gasteiger partial charge in [-0.15, -0.1) is 0 Å². The van der Waals surface area contributed by atoms with Crippen molar-refractivity contribution in [2.75, 3.05) is 22.1 Å². The van der Waals surface area contributed by atoms with Crippen LogP contribution in [-0.2, 0) is 14.6 Å². The van der Waals surface area contributed by atoms with Crippen molar-refractivity contribution in [3.8, 4) is 0 Å². The number of sulfone groups is 1. The van der Waals surface area contributed by atoms with E-state index in [9.17, 15) is 18.0 Å². The molecule has 6 nitrogen and oxygen atoms in total. The zero-order chi connectivity index (χ0) is 20.6. The number of amides is 2. The Kier molecular flexibility index (Phi) is 8.02. The normalized spacial score (nSPS) is 11.1. The molecule has 0 aliphatic heterocycles. The average Bonchev–Trinajstić information content (AvgIpc) is 2.63. The quantitative estimate of drug-likeness (QED) is 0.594. The summed E-state index contributed by atoms with van der Waals surface area (Å²) < 4.78 is 24.1. The predicted molar refractivity (Wildman–Crippen MR) is 113 cm³/mol. The first kappa shape index (κ1) is 21.9. The van der Waals surface area contributed by atoms with E-state index < -0.39 is 21.5 Å². The van der Waals surface area contributed by atoms with Gasteiger partial charge >= 0.3 is 0 Å². The molecule has 0 saturated carbocycles. The molecule has 2 aromatic rings. The maximum absolute atomic E-state index is 12.4. The Hall–Kier alpha value is -2.38. The molecule has 2 amide bonds. The van der Waals surface area contributed by atoms with Gasteiger partial charge in [-0.1, -0.05) is 43.5 Å². The molecular formula is C20H23ClN2O4S. The molecule has 0 atom stereocenters. The lowest BCUT2D eigenvalue weighted by atomic mass is 10.2. The topological polar surface area (TPSA) is 92.3 Å². The molecule has 0 radical (unpaired) electrons. The number of para-hydroxylation sites is 2. The number of anilines is 2. The molecule has 0 aromatic heterocycles. The summed E-state index contributed by atoms with van der Waals surface area (Å²) in [6, 6.07) is 13.0. The number of halogens is 1. The highest BCUT2D eigenvalue weighted by atomic mass is 35.5. The van der Waals surface area contributed by atoms with Crippen molar-refractivity contribution < 1.29 is 18.0 Å². The summed E-state index contributed by atoms with van der Waals surface area (Å²) in [6.45, 7) is 1.98.